The fourth-order valence-corrected chi connectivity index (χ4v) is 3.82. The summed E-state index contributed by atoms with van der Waals surface area (Å²) in [5.74, 6) is 3.09. The van der Waals surface area contributed by atoms with Gasteiger partial charge in [-0.15, -0.1) is 16.8 Å². The van der Waals surface area contributed by atoms with Gasteiger partial charge >= 0.3 is 0 Å². The van der Waals surface area contributed by atoms with Gasteiger partial charge in [-0.25, -0.2) is 4.99 Å². The molecule has 2 aliphatic rings. The monoisotopic (exact) mass is 332 g/mol. The number of nitrogens with zero attached hydrogens (tertiary/aromatic N) is 4. The molecule has 0 radical (unpaired) electrons. The Labute approximate surface area is 143 Å². The molecular formula is C17H28N6O. The summed E-state index contributed by atoms with van der Waals surface area (Å²) < 4.78 is 7.83. The van der Waals surface area contributed by atoms with Crippen molar-refractivity contribution in [3.8, 4) is 0 Å². The van der Waals surface area contributed by atoms with Crippen molar-refractivity contribution >= 4 is 5.96 Å². The summed E-state index contributed by atoms with van der Waals surface area (Å²) in [5.41, 5.74) is 0.110. The van der Waals surface area contributed by atoms with Gasteiger partial charge < -0.3 is 19.9 Å². The third-order valence-electron chi connectivity index (χ3n) is 5.37. The van der Waals surface area contributed by atoms with E-state index in [-0.39, 0.29) is 5.41 Å². The zero-order valence-electron chi connectivity index (χ0n) is 15.0. The third kappa shape index (κ3) is 2.92. The summed E-state index contributed by atoms with van der Waals surface area (Å²) in [7, 11) is 1.96. The minimum absolute atomic E-state index is 0.110. The van der Waals surface area contributed by atoms with E-state index in [2.05, 4.69) is 46.2 Å². The van der Waals surface area contributed by atoms with Crippen molar-refractivity contribution in [1.29, 1.82) is 0 Å². The highest BCUT2D eigenvalue weighted by molar-refractivity contribution is 5.80. The van der Waals surface area contributed by atoms with Crippen LogP contribution in [0.4, 0.5) is 0 Å². The first-order valence-corrected chi connectivity index (χ1v) is 8.57. The average Bonchev–Trinajstić information content (AvgIpc) is 3.14. The molecule has 7 heteroatoms. The highest BCUT2D eigenvalue weighted by Gasteiger charge is 2.59. The van der Waals surface area contributed by atoms with Crippen LogP contribution in [0.15, 0.2) is 17.6 Å². The Morgan fingerprint density at radius 1 is 1.50 bits per heavy atom. The first-order chi connectivity index (χ1) is 11.4. The highest BCUT2D eigenvalue weighted by Crippen LogP contribution is 2.52. The van der Waals surface area contributed by atoms with E-state index >= 15 is 0 Å². The smallest absolute Gasteiger partial charge is 0.192 e. The highest BCUT2D eigenvalue weighted by atomic mass is 16.5. The van der Waals surface area contributed by atoms with Gasteiger partial charge in [0.15, 0.2) is 11.8 Å². The molecule has 0 spiro atoms. The van der Waals surface area contributed by atoms with E-state index in [0.717, 1.165) is 30.6 Å². The summed E-state index contributed by atoms with van der Waals surface area (Å²) in [6.07, 6.45) is 3.30. The van der Waals surface area contributed by atoms with Crippen molar-refractivity contribution in [3.63, 3.8) is 0 Å². The van der Waals surface area contributed by atoms with Gasteiger partial charge in [-0.3, -0.25) is 0 Å². The number of fused-ring (bicyclic) bond motifs is 1. The summed E-state index contributed by atoms with van der Waals surface area (Å²) >= 11 is 0. The van der Waals surface area contributed by atoms with Gasteiger partial charge in [0, 0.05) is 37.6 Å². The maximum atomic E-state index is 5.87. The van der Waals surface area contributed by atoms with Gasteiger partial charge in [-0.05, 0) is 13.3 Å². The fourth-order valence-electron chi connectivity index (χ4n) is 3.82. The standard InChI is InChI=1S/C17H28N6O/c1-6-8-18-16(19-10-13-22-21-11(2)23(13)5)20-14-12-7-9-24-15(12)17(14,3)4/h6,12,14-15H,1,7-10H2,2-5H3,(H2,18,19,20). The molecule has 132 valence electrons. The third-order valence-corrected chi connectivity index (χ3v) is 5.37. The molecular weight excluding hydrogens is 304 g/mol. The molecule has 1 aliphatic heterocycles. The van der Waals surface area contributed by atoms with E-state index in [9.17, 15) is 0 Å². The predicted molar refractivity (Wildman–Crippen MR) is 93.6 cm³/mol. The Bertz CT molecular complexity index is 635. The van der Waals surface area contributed by atoms with Crippen molar-refractivity contribution in [3.05, 3.63) is 24.3 Å². The van der Waals surface area contributed by atoms with Gasteiger partial charge in [0.1, 0.15) is 12.4 Å². The molecule has 2 N–H and O–H groups in total. The Hall–Kier alpha value is -1.89. The summed E-state index contributed by atoms with van der Waals surface area (Å²) in [6, 6.07) is 0.363. The van der Waals surface area contributed by atoms with Crippen LogP contribution in [0, 0.1) is 18.3 Å². The lowest BCUT2D eigenvalue weighted by atomic mass is 9.57. The van der Waals surface area contributed by atoms with Gasteiger partial charge in [0.2, 0.25) is 0 Å². The van der Waals surface area contributed by atoms with Gasteiger partial charge in [-0.2, -0.15) is 0 Å². The zero-order valence-corrected chi connectivity index (χ0v) is 15.0. The van der Waals surface area contributed by atoms with Crippen LogP contribution in [-0.4, -0.2) is 46.0 Å². The SMILES string of the molecule is C=CCNC(=NCc1nnc(C)n1C)NC1C2CCOC2C1(C)C. The van der Waals surface area contributed by atoms with Crippen LogP contribution in [0.25, 0.3) is 0 Å². The van der Waals surface area contributed by atoms with Crippen LogP contribution >= 0.6 is 0 Å². The maximum absolute atomic E-state index is 5.87. The second-order valence-corrected chi connectivity index (χ2v) is 7.24. The number of aliphatic imine (C=N–C) groups is 1. The van der Waals surface area contributed by atoms with Crippen molar-refractivity contribution in [2.24, 2.45) is 23.4 Å². The molecule has 1 aliphatic carbocycles. The van der Waals surface area contributed by atoms with Crippen LogP contribution in [0.1, 0.15) is 31.9 Å². The molecule has 1 saturated carbocycles. The molecule has 1 saturated heterocycles. The van der Waals surface area contributed by atoms with Crippen LogP contribution in [0.5, 0.6) is 0 Å². The minimum Gasteiger partial charge on any atom is -0.377 e. The number of hydrogen-bond donors (Lipinski definition) is 2. The molecule has 2 heterocycles. The number of guanidine groups is 1. The Morgan fingerprint density at radius 3 is 2.96 bits per heavy atom. The number of nitrogens with one attached hydrogen (secondary N) is 2. The number of aromatic nitrogens is 3. The normalized spacial score (nSPS) is 28.2. The lowest BCUT2D eigenvalue weighted by Gasteiger charge is -2.54. The van der Waals surface area contributed by atoms with Crippen molar-refractivity contribution in [2.45, 2.75) is 45.9 Å². The first-order valence-electron chi connectivity index (χ1n) is 8.57. The molecule has 7 nitrogen and oxygen atoms in total. The summed E-state index contributed by atoms with van der Waals surface area (Å²) in [5, 5.41) is 15.2. The van der Waals surface area contributed by atoms with E-state index in [1.807, 2.05) is 24.6 Å². The van der Waals surface area contributed by atoms with Crippen LogP contribution in [0.3, 0.4) is 0 Å². The average molecular weight is 332 g/mol. The second kappa shape index (κ2) is 6.55. The van der Waals surface area contributed by atoms with Crippen LogP contribution in [0.2, 0.25) is 0 Å². The van der Waals surface area contributed by atoms with E-state index in [1.54, 1.807) is 0 Å². The number of rotatable bonds is 5. The fraction of sp³-hybridized carbons (Fsp3) is 0.706. The molecule has 2 fully saturated rings. The molecule has 3 unspecified atom stereocenters. The van der Waals surface area contributed by atoms with Gasteiger partial charge in [0.25, 0.3) is 0 Å². The summed E-state index contributed by atoms with van der Waals surface area (Å²) in [4.78, 5) is 4.69. The molecule has 3 rings (SSSR count). The lowest BCUT2D eigenvalue weighted by molar-refractivity contribution is -0.106. The van der Waals surface area contributed by atoms with E-state index in [0.29, 0.717) is 31.2 Å². The van der Waals surface area contributed by atoms with Crippen LogP contribution < -0.4 is 10.6 Å². The molecule has 1 aromatic rings. The number of aryl methyl sites for hydroxylation is 1. The maximum Gasteiger partial charge on any atom is 0.192 e. The topological polar surface area (TPSA) is 76.4 Å². The van der Waals surface area contributed by atoms with Crippen LogP contribution in [-0.2, 0) is 18.3 Å². The summed E-state index contributed by atoms with van der Waals surface area (Å²) in [6.45, 7) is 12.2. The lowest BCUT2D eigenvalue weighted by Crippen LogP contribution is -2.67. The van der Waals surface area contributed by atoms with Gasteiger partial charge in [-0.1, -0.05) is 19.9 Å². The minimum atomic E-state index is 0.110. The van der Waals surface area contributed by atoms with Crippen molar-refractivity contribution in [2.75, 3.05) is 13.2 Å². The molecule has 3 atom stereocenters. The molecule has 1 aromatic heterocycles. The Balaban J connectivity index is 1.70. The van der Waals surface area contributed by atoms with E-state index < -0.39 is 0 Å². The molecule has 0 aromatic carbocycles. The predicted octanol–water partition coefficient (Wildman–Crippen LogP) is 1.16. The first kappa shape index (κ1) is 17.0. The quantitative estimate of drug-likeness (QED) is 0.481. The van der Waals surface area contributed by atoms with E-state index in [4.69, 9.17) is 4.74 Å². The van der Waals surface area contributed by atoms with Gasteiger partial charge in [0.05, 0.1) is 6.10 Å². The van der Waals surface area contributed by atoms with E-state index in [1.165, 1.54) is 0 Å². The molecule has 0 amide bonds. The second-order valence-electron chi connectivity index (χ2n) is 7.24. The Kier molecular flexibility index (Phi) is 4.62. The molecule has 0 bridgehead atoms. The molecule has 24 heavy (non-hydrogen) atoms. The number of hydrogen-bond acceptors (Lipinski definition) is 4. The largest absolute Gasteiger partial charge is 0.377 e. The Morgan fingerprint density at radius 2 is 2.29 bits per heavy atom. The number of ether oxygens (including phenoxy) is 1. The van der Waals surface area contributed by atoms with Crippen molar-refractivity contribution in [1.82, 2.24) is 25.4 Å². The zero-order chi connectivity index (χ0) is 17.3. The van der Waals surface area contributed by atoms with Crippen molar-refractivity contribution < 1.29 is 4.74 Å².